The third-order valence-electron chi connectivity index (χ3n) is 6.09. The van der Waals surface area contributed by atoms with Crippen LogP contribution in [-0.4, -0.2) is 34.9 Å². The van der Waals surface area contributed by atoms with E-state index in [1.165, 1.54) is 17.4 Å². The van der Waals surface area contributed by atoms with Gasteiger partial charge < -0.3 is 16.0 Å². The molecule has 1 aromatic heterocycles. The minimum Gasteiger partial charge on any atom is -0.366 e. The number of nitrogens with zero attached hydrogens (tertiary/aromatic N) is 2. The first-order chi connectivity index (χ1) is 15.7. The molecule has 174 valence electrons. The molecule has 0 radical (unpaired) electrons. The molecule has 11 heteroatoms. The third-order valence-corrected chi connectivity index (χ3v) is 7.47. The van der Waals surface area contributed by atoms with Gasteiger partial charge in [-0.3, -0.25) is 25.0 Å². The molecule has 1 fully saturated rings. The van der Waals surface area contributed by atoms with Crippen LogP contribution in [0.1, 0.15) is 57.3 Å². The lowest BCUT2D eigenvalue weighted by molar-refractivity contribution is -0.384. The number of thiocarbonyl (C=S) groups is 1. The number of hydrogen-bond acceptors (Lipinski definition) is 7. The van der Waals surface area contributed by atoms with Gasteiger partial charge in [-0.1, -0.05) is 6.92 Å². The molecule has 2 amide bonds. The number of nitrogens with two attached hydrogens (primary N) is 1. The second kappa shape index (κ2) is 9.44. The molecule has 9 nitrogen and oxygen atoms in total. The molecule has 2 heterocycles. The number of carbonyl (C=O) groups is 2. The molecule has 1 saturated heterocycles. The number of rotatable bonds is 5. The van der Waals surface area contributed by atoms with E-state index in [0.29, 0.717) is 22.2 Å². The van der Waals surface area contributed by atoms with Gasteiger partial charge in [-0.25, -0.2) is 0 Å². The number of nitro groups is 1. The van der Waals surface area contributed by atoms with Gasteiger partial charge >= 0.3 is 0 Å². The van der Waals surface area contributed by atoms with Gasteiger partial charge in [0.2, 0.25) is 0 Å². The molecule has 1 aromatic carbocycles. The van der Waals surface area contributed by atoms with Crippen LogP contribution in [0.15, 0.2) is 18.2 Å². The van der Waals surface area contributed by atoms with Crippen LogP contribution in [0.25, 0.3) is 0 Å². The lowest BCUT2D eigenvalue weighted by Crippen LogP contribution is -2.34. The summed E-state index contributed by atoms with van der Waals surface area (Å²) in [4.78, 5) is 39.0. The van der Waals surface area contributed by atoms with Crippen molar-refractivity contribution in [2.45, 2.75) is 39.0 Å². The molecule has 2 aromatic rings. The summed E-state index contributed by atoms with van der Waals surface area (Å²) >= 11 is 6.71. The van der Waals surface area contributed by atoms with Crippen molar-refractivity contribution < 1.29 is 14.5 Å². The molecule has 1 atom stereocenters. The Morgan fingerprint density at radius 2 is 2.03 bits per heavy atom. The predicted molar refractivity (Wildman–Crippen MR) is 132 cm³/mol. The first kappa shape index (κ1) is 23.1. The summed E-state index contributed by atoms with van der Waals surface area (Å²) in [5.74, 6) is -0.582. The fourth-order valence-corrected chi connectivity index (χ4v) is 6.13. The lowest BCUT2D eigenvalue weighted by Gasteiger charge is -2.18. The SMILES string of the molecule is CC1CCc2c(sc(NC(=S)NC(=O)c3ccc(N4CCCC4)c([N+](=O)[O-])c3)c2C(N)=O)C1. The normalized spacial score (nSPS) is 17.4. The molecule has 2 aliphatic rings. The van der Waals surface area contributed by atoms with Gasteiger partial charge in [-0.05, 0) is 67.9 Å². The minimum absolute atomic E-state index is 0.000387. The van der Waals surface area contributed by atoms with Crippen LogP contribution in [-0.2, 0) is 12.8 Å². The summed E-state index contributed by atoms with van der Waals surface area (Å²) in [7, 11) is 0. The summed E-state index contributed by atoms with van der Waals surface area (Å²) in [6, 6.07) is 4.43. The monoisotopic (exact) mass is 487 g/mol. The van der Waals surface area contributed by atoms with Crippen LogP contribution in [0.5, 0.6) is 0 Å². The average molecular weight is 488 g/mol. The van der Waals surface area contributed by atoms with Crippen molar-refractivity contribution >= 4 is 56.9 Å². The number of carbonyl (C=O) groups excluding carboxylic acids is 2. The Kier molecular flexibility index (Phi) is 6.61. The predicted octanol–water partition coefficient (Wildman–Crippen LogP) is 3.61. The van der Waals surface area contributed by atoms with E-state index >= 15 is 0 Å². The Hall–Kier alpha value is -3.05. The lowest BCUT2D eigenvalue weighted by atomic mass is 9.88. The van der Waals surface area contributed by atoms with Gasteiger partial charge in [-0.15, -0.1) is 11.3 Å². The van der Waals surface area contributed by atoms with Gasteiger partial charge in [0, 0.05) is 29.6 Å². The molecular formula is C22H25N5O4S2. The first-order valence-electron chi connectivity index (χ1n) is 10.8. The third kappa shape index (κ3) is 4.83. The second-order valence-electron chi connectivity index (χ2n) is 8.48. The van der Waals surface area contributed by atoms with Crippen LogP contribution >= 0.6 is 23.6 Å². The van der Waals surface area contributed by atoms with Gasteiger partial charge in [0.15, 0.2) is 5.11 Å². The summed E-state index contributed by atoms with van der Waals surface area (Å²) in [6.45, 7) is 3.68. The summed E-state index contributed by atoms with van der Waals surface area (Å²) in [5.41, 5.74) is 7.53. The molecule has 1 aliphatic carbocycles. The van der Waals surface area contributed by atoms with Crippen LogP contribution in [0.2, 0.25) is 0 Å². The number of primary amides is 1. The van der Waals surface area contributed by atoms with E-state index in [4.69, 9.17) is 18.0 Å². The van der Waals surface area contributed by atoms with Crippen LogP contribution in [0.4, 0.5) is 16.4 Å². The molecule has 4 rings (SSSR count). The van der Waals surface area contributed by atoms with E-state index in [-0.39, 0.29) is 16.4 Å². The van der Waals surface area contributed by atoms with Crippen LogP contribution < -0.4 is 21.3 Å². The maximum atomic E-state index is 12.7. The highest BCUT2D eigenvalue weighted by Gasteiger charge is 2.28. The highest BCUT2D eigenvalue weighted by Crippen LogP contribution is 2.39. The van der Waals surface area contributed by atoms with Crippen molar-refractivity contribution in [3.63, 3.8) is 0 Å². The second-order valence-corrected chi connectivity index (χ2v) is 10.00. The zero-order chi connectivity index (χ0) is 23.7. The average Bonchev–Trinajstić information content (AvgIpc) is 3.40. The number of fused-ring (bicyclic) bond motifs is 1. The maximum Gasteiger partial charge on any atom is 0.293 e. The number of anilines is 2. The molecule has 1 unspecified atom stereocenters. The highest BCUT2D eigenvalue weighted by molar-refractivity contribution is 7.80. The fraction of sp³-hybridized carbons (Fsp3) is 0.409. The Bertz CT molecular complexity index is 1140. The molecule has 1 aliphatic heterocycles. The molecule has 0 saturated carbocycles. The van der Waals surface area contributed by atoms with Crippen molar-refractivity contribution in [1.29, 1.82) is 0 Å². The van der Waals surface area contributed by atoms with Crippen LogP contribution in [0, 0.1) is 16.0 Å². The van der Waals surface area contributed by atoms with E-state index < -0.39 is 16.7 Å². The van der Waals surface area contributed by atoms with Gasteiger partial charge in [0.1, 0.15) is 10.7 Å². The van der Waals surface area contributed by atoms with Crippen molar-refractivity contribution in [2.75, 3.05) is 23.3 Å². The van der Waals surface area contributed by atoms with Gasteiger partial charge in [-0.2, -0.15) is 0 Å². The Balaban J connectivity index is 1.50. The zero-order valence-electron chi connectivity index (χ0n) is 18.2. The maximum absolute atomic E-state index is 12.7. The fourth-order valence-electron chi connectivity index (χ4n) is 4.45. The Labute approximate surface area is 200 Å². The number of hydrogen-bond donors (Lipinski definition) is 3. The molecule has 4 N–H and O–H groups in total. The van der Waals surface area contributed by atoms with E-state index in [1.807, 2.05) is 4.90 Å². The quantitative estimate of drug-likeness (QED) is 0.334. The van der Waals surface area contributed by atoms with Crippen LogP contribution in [0.3, 0.4) is 0 Å². The van der Waals surface area contributed by atoms with Gasteiger partial charge in [0.25, 0.3) is 17.5 Å². The molecule has 0 spiro atoms. The summed E-state index contributed by atoms with van der Waals surface area (Å²) in [5, 5.41) is 17.6. The first-order valence-corrected chi connectivity index (χ1v) is 12.1. The van der Waals surface area contributed by atoms with Crippen molar-refractivity contribution in [3.05, 3.63) is 49.9 Å². The topological polar surface area (TPSA) is 131 Å². The van der Waals surface area contributed by atoms with E-state index in [2.05, 4.69) is 17.6 Å². The molecule has 33 heavy (non-hydrogen) atoms. The smallest absolute Gasteiger partial charge is 0.293 e. The Morgan fingerprint density at radius 3 is 2.70 bits per heavy atom. The largest absolute Gasteiger partial charge is 0.366 e. The molecule has 0 bridgehead atoms. The van der Waals surface area contributed by atoms with Crippen molar-refractivity contribution in [3.8, 4) is 0 Å². The molecular weight excluding hydrogens is 462 g/mol. The van der Waals surface area contributed by atoms with E-state index in [0.717, 1.165) is 55.6 Å². The van der Waals surface area contributed by atoms with Crippen molar-refractivity contribution in [1.82, 2.24) is 5.32 Å². The number of nitrogens with one attached hydrogen (secondary N) is 2. The van der Waals surface area contributed by atoms with E-state index in [1.54, 1.807) is 12.1 Å². The van der Waals surface area contributed by atoms with Gasteiger partial charge in [0.05, 0.1) is 10.5 Å². The summed E-state index contributed by atoms with van der Waals surface area (Å²) < 4.78 is 0. The summed E-state index contributed by atoms with van der Waals surface area (Å²) in [6.07, 6.45) is 4.60. The number of benzene rings is 1. The Morgan fingerprint density at radius 1 is 1.30 bits per heavy atom. The minimum atomic E-state index is -0.570. The number of nitro benzene ring substituents is 1. The van der Waals surface area contributed by atoms with E-state index in [9.17, 15) is 19.7 Å². The van der Waals surface area contributed by atoms with Crippen molar-refractivity contribution in [2.24, 2.45) is 11.7 Å². The standard InChI is InChI=1S/C22H25N5O4S2/c1-12-4-6-14-17(10-12)33-21(18(14)19(23)28)25-22(32)24-20(29)13-5-7-15(16(11-13)27(30)31)26-8-2-3-9-26/h5,7,11-12H,2-4,6,8-10H2,1H3,(H2,23,28)(H2,24,25,29,32). The highest BCUT2D eigenvalue weighted by atomic mass is 32.1. The zero-order valence-corrected chi connectivity index (χ0v) is 19.8. The number of amides is 2. The number of thiophene rings is 1.